The van der Waals surface area contributed by atoms with E-state index in [9.17, 15) is 16.8 Å². The quantitative estimate of drug-likeness (QED) is 0.866. The molecular weight excluding hydrogens is 276 g/mol. The van der Waals surface area contributed by atoms with E-state index >= 15 is 0 Å². The van der Waals surface area contributed by atoms with E-state index in [0.717, 1.165) is 4.31 Å². The first-order valence-corrected chi connectivity index (χ1v) is 8.31. The first kappa shape index (κ1) is 14.9. The summed E-state index contributed by atoms with van der Waals surface area (Å²) in [7, 11) is -4.15. The zero-order valence-corrected chi connectivity index (χ0v) is 12.0. The molecule has 0 saturated heterocycles. The summed E-state index contributed by atoms with van der Waals surface area (Å²) >= 11 is 0. The van der Waals surface area contributed by atoms with Crippen LogP contribution in [0.3, 0.4) is 0 Å². The van der Waals surface area contributed by atoms with Crippen molar-refractivity contribution in [2.24, 2.45) is 0 Å². The molecule has 0 aromatic heterocycles. The summed E-state index contributed by atoms with van der Waals surface area (Å²) in [5, 5.41) is 0. The summed E-state index contributed by atoms with van der Waals surface area (Å²) in [4.78, 5) is 0.0452. The van der Waals surface area contributed by atoms with Crippen molar-refractivity contribution >= 4 is 25.7 Å². The van der Waals surface area contributed by atoms with Crippen LogP contribution < -0.4 is 4.72 Å². The first-order chi connectivity index (χ1) is 8.19. The highest BCUT2D eigenvalue weighted by atomic mass is 32.2. The molecule has 0 amide bonds. The Morgan fingerprint density at radius 2 is 1.78 bits per heavy atom. The van der Waals surface area contributed by atoms with Crippen molar-refractivity contribution in [3.8, 4) is 0 Å². The predicted octanol–water partition coefficient (Wildman–Crippen LogP) is 0.698. The van der Waals surface area contributed by atoms with Gasteiger partial charge in [-0.1, -0.05) is 6.07 Å². The van der Waals surface area contributed by atoms with Gasteiger partial charge in [0.2, 0.25) is 20.0 Å². The van der Waals surface area contributed by atoms with E-state index in [4.69, 9.17) is 0 Å². The number of nitrogens with one attached hydrogen (secondary N) is 1. The van der Waals surface area contributed by atoms with Gasteiger partial charge >= 0.3 is 0 Å². The van der Waals surface area contributed by atoms with E-state index in [1.807, 2.05) is 0 Å². The van der Waals surface area contributed by atoms with Crippen LogP contribution in [0.25, 0.3) is 0 Å². The molecule has 0 fully saturated rings. The van der Waals surface area contributed by atoms with E-state index in [1.54, 1.807) is 0 Å². The van der Waals surface area contributed by atoms with Gasteiger partial charge < -0.3 is 0 Å². The Kier molecular flexibility index (Phi) is 4.36. The first-order valence-electron chi connectivity index (χ1n) is 5.22. The molecule has 0 aliphatic heterocycles. The molecule has 0 unspecified atom stereocenters. The average molecular weight is 292 g/mol. The van der Waals surface area contributed by atoms with Crippen molar-refractivity contribution in [2.75, 3.05) is 24.6 Å². The largest absolute Gasteiger partial charge is 0.284 e. The van der Waals surface area contributed by atoms with Gasteiger partial charge in [-0.2, -0.15) is 0 Å². The standard InChI is InChI=1S/C10H16N2O4S2/c1-4-17(13,14)11-9-6-5-7-10(8-9)18(15,16)12(2)3/h5-8,11H,4H2,1-3H3. The zero-order chi connectivity index (χ0) is 14.0. The summed E-state index contributed by atoms with van der Waals surface area (Å²) < 4.78 is 49.9. The lowest BCUT2D eigenvalue weighted by Crippen LogP contribution is -2.22. The fraction of sp³-hybridized carbons (Fsp3) is 0.400. The van der Waals surface area contributed by atoms with Crippen molar-refractivity contribution in [3.05, 3.63) is 24.3 Å². The van der Waals surface area contributed by atoms with E-state index in [2.05, 4.69) is 4.72 Å². The number of nitrogens with zero attached hydrogens (tertiary/aromatic N) is 1. The Morgan fingerprint density at radius 3 is 2.28 bits per heavy atom. The van der Waals surface area contributed by atoms with E-state index in [-0.39, 0.29) is 16.3 Å². The number of hydrogen-bond acceptors (Lipinski definition) is 4. The van der Waals surface area contributed by atoms with Crippen LogP contribution in [0.15, 0.2) is 29.2 Å². The van der Waals surface area contributed by atoms with Crippen LogP contribution in [-0.4, -0.2) is 41.0 Å². The minimum Gasteiger partial charge on any atom is -0.284 e. The summed E-state index contributed by atoms with van der Waals surface area (Å²) in [6.07, 6.45) is 0. The minimum absolute atomic E-state index is 0.0452. The molecule has 1 aromatic rings. The Balaban J connectivity index is 3.16. The lowest BCUT2D eigenvalue weighted by atomic mass is 10.3. The minimum atomic E-state index is -3.56. The van der Waals surface area contributed by atoms with E-state index in [1.165, 1.54) is 45.3 Å². The lowest BCUT2D eigenvalue weighted by molar-refractivity contribution is 0.521. The summed E-state index contributed by atoms with van der Waals surface area (Å²) in [6, 6.07) is 5.70. The maximum atomic E-state index is 11.9. The van der Waals surface area contributed by atoms with Crippen LogP contribution in [-0.2, 0) is 20.0 Å². The highest BCUT2D eigenvalue weighted by molar-refractivity contribution is 7.92. The molecular formula is C10H16N2O4S2. The molecule has 0 radical (unpaired) electrons. The van der Waals surface area contributed by atoms with Crippen molar-refractivity contribution in [1.29, 1.82) is 0 Å². The normalized spacial score (nSPS) is 12.7. The van der Waals surface area contributed by atoms with Gasteiger partial charge in [0.05, 0.1) is 10.6 Å². The number of rotatable bonds is 5. The smallest absolute Gasteiger partial charge is 0.242 e. The van der Waals surface area contributed by atoms with Gasteiger partial charge in [0, 0.05) is 19.8 Å². The third-order valence-corrected chi connectivity index (χ3v) is 5.38. The van der Waals surface area contributed by atoms with Crippen molar-refractivity contribution in [1.82, 2.24) is 4.31 Å². The van der Waals surface area contributed by atoms with E-state index in [0.29, 0.717) is 0 Å². The van der Waals surface area contributed by atoms with Crippen LogP contribution in [0.5, 0.6) is 0 Å². The van der Waals surface area contributed by atoms with E-state index < -0.39 is 20.0 Å². The summed E-state index contributed by atoms with van der Waals surface area (Å²) in [5.41, 5.74) is 0.236. The molecule has 18 heavy (non-hydrogen) atoms. The molecule has 1 N–H and O–H groups in total. The van der Waals surface area contributed by atoms with Gasteiger partial charge in [0.15, 0.2) is 0 Å². The number of anilines is 1. The second kappa shape index (κ2) is 5.25. The summed E-state index contributed by atoms with van der Waals surface area (Å²) in [6.45, 7) is 1.50. The Morgan fingerprint density at radius 1 is 1.17 bits per heavy atom. The molecule has 6 nitrogen and oxygen atoms in total. The van der Waals surface area contributed by atoms with Crippen LogP contribution in [0.2, 0.25) is 0 Å². The maximum Gasteiger partial charge on any atom is 0.242 e. The summed E-state index contributed by atoms with van der Waals surface area (Å²) in [5.74, 6) is -0.0718. The molecule has 0 atom stereocenters. The Bertz CT molecular complexity index is 621. The topological polar surface area (TPSA) is 83.5 Å². The molecule has 1 aromatic carbocycles. The van der Waals surface area contributed by atoms with Gasteiger partial charge in [-0.05, 0) is 25.1 Å². The molecule has 0 aliphatic carbocycles. The lowest BCUT2D eigenvalue weighted by Gasteiger charge is -2.12. The second-order valence-corrected chi connectivity index (χ2v) is 7.98. The highest BCUT2D eigenvalue weighted by Gasteiger charge is 2.18. The third kappa shape index (κ3) is 3.44. The average Bonchev–Trinajstić information content (AvgIpc) is 2.28. The second-order valence-electron chi connectivity index (χ2n) is 3.82. The SMILES string of the molecule is CCS(=O)(=O)Nc1cccc(S(=O)(=O)N(C)C)c1. The molecule has 1 rings (SSSR count). The number of benzene rings is 1. The molecule has 0 aliphatic rings. The van der Waals surface area contributed by atoms with Gasteiger partial charge in [-0.25, -0.2) is 21.1 Å². The van der Waals surface area contributed by atoms with Gasteiger partial charge in [0.25, 0.3) is 0 Å². The van der Waals surface area contributed by atoms with Crippen LogP contribution in [0, 0.1) is 0 Å². The molecule has 8 heteroatoms. The molecule has 0 spiro atoms. The third-order valence-electron chi connectivity index (χ3n) is 2.27. The molecule has 102 valence electrons. The van der Waals surface area contributed by atoms with Crippen LogP contribution >= 0.6 is 0 Å². The van der Waals surface area contributed by atoms with Gasteiger partial charge in [-0.15, -0.1) is 0 Å². The maximum absolute atomic E-state index is 11.9. The van der Waals surface area contributed by atoms with Crippen molar-refractivity contribution < 1.29 is 16.8 Å². The molecule has 0 heterocycles. The van der Waals surface area contributed by atoms with Crippen LogP contribution in [0.1, 0.15) is 6.92 Å². The fourth-order valence-electron chi connectivity index (χ4n) is 1.18. The number of sulfonamides is 2. The monoisotopic (exact) mass is 292 g/mol. The zero-order valence-electron chi connectivity index (χ0n) is 10.4. The molecule has 0 bridgehead atoms. The molecule has 0 saturated carbocycles. The Hall–Kier alpha value is -1.12. The van der Waals surface area contributed by atoms with Crippen molar-refractivity contribution in [2.45, 2.75) is 11.8 Å². The Labute approximate surface area is 108 Å². The fourth-order valence-corrected chi connectivity index (χ4v) is 2.76. The van der Waals surface area contributed by atoms with Gasteiger partial charge in [0.1, 0.15) is 0 Å². The van der Waals surface area contributed by atoms with Gasteiger partial charge in [-0.3, -0.25) is 4.72 Å². The van der Waals surface area contributed by atoms with Crippen LogP contribution in [0.4, 0.5) is 5.69 Å². The highest BCUT2D eigenvalue weighted by Crippen LogP contribution is 2.18. The number of hydrogen-bond donors (Lipinski definition) is 1. The van der Waals surface area contributed by atoms with Crippen molar-refractivity contribution in [3.63, 3.8) is 0 Å². The predicted molar refractivity (Wildman–Crippen MR) is 70.4 cm³/mol.